The van der Waals surface area contributed by atoms with Crippen LogP contribution in [0.15, 0.2) is 148 Å². The number of fused-ring (bicyclic) bond motifs is 3. The zero-order valence-electron chi connectivity index (χ0n) is 26.9. The molecule has 6 aromatic carbocycles. The molecule has 4 aliphatic carbocycles. The highest BCUT2D eigenvalue weighted by atomic mass is 79.9. The first-order valence-electron chi connectivity index (χ1n) is 17.6. The smallest absolute Gasteiger partial charge is 0.136 e. The molecule has 0 atom stereocenters. The number of halogens is 1. The lowest BCUT2D eigenvalue weighted by molar-refractivity contribution is -0.0418. The first-order chi connectivity index (χ1) is 23.6. The van der Waals surface area contributed by atoms with Gasteiger partial charge in [-0.3, -0.25) is 0 Å². The van der Waals surface area contributed by atoms with E-state index >= 15 is 0 Å². The zero-order chi connectivity index (χ0) is 31.8. The Kier molecular flexibility index (Phi) is 6.60. The summed E-state index contributed by atoms with van der Waals surface area (Å²) in [6.07, 6.45) is 6.97. The van der Waals surface area contributed by atoms with Crippen LogP contribution in [0, 0.1) is 23.7 Å². The maximum atomic E-state index is 6.31. The fourth-order valence-electron chi connectivity index (χ4n) is 10.5. The Morgan fingerprint density at radius 2 is 1.04 bits per heavy atom. The summed E-state index contributed by atoms with van der Waals surface area (Å²) < 4.78 is 7.47. The molecule has 0 aliphatic heterocycles. The summed E-state index contributed by atoms with van der Waals surface area (Å²) >= 11 is 3.72. The van der Waals surface area contributed by atoms with Crippen LogP contribution in [0.3, 0.4) is 0 Å². The van der Waals surface area contributed by atoms with Crippen molar-refractivity contribution in [2.75, 3.05) is 0 Å². The fourth-order valence-corrected chi connectivity index (χ4v) is 10.7. The van der Waals surface area contributed by atoms with Crippen LogP contribution in [0.25, 0.3) is 55.3 Å². The van der Waals surface area contributed by atoms with Crippen molar-refractivity contribution in [2.24, 2.45) is 23.7 Å². The molecule has 48 heavy (non-hydrogen) atoms. The number of furan rings is 1. The van der Waals surface area contributed by atoms with E-state index in [9.17, 15) is 0 Å². The highest BCUT2D eigenvalue weighted by molar-refractivity contribution is 9.10. The van der Waals surface area contributed by atoms with E-state index in [1.165, 1.54) is 82.0 Å². The van der Waals surface area contributed by atoms with Crippen molar-refractivity contribution >= 4 is 37.9 Å². The summed E-state index contributed by atoms with van der Waals surface area (Å²) in [5.74, 6) is 3.29. The van der Waals surface area contributed by atoms with Gasteiger partial charge in [-0.05, 0) is 143 Å². The quantitative estimate of drug-likeness (QED) is 0.176. The average molecular weight is 686 g/mol. The molecule has 11 rings (SSSR count). The second-order valence-corrected chi connectivity index (χ2v) is 15.6. The summed E-state index contributed by atoms with van der Waals surface area (Å²) in [4.78, 5) is 0. The second kappa shape index (κ2) is 11.1. The molecule has 0 amide bonds. The normalized spacial score (nSPS) is 24.4. The summed E-state index contributed by atoms with van der Waals surface area (Å²) in [5.41, 5.74) is 12.4. The van der Waals surface area contributed by atoms with Gasteiger partial charge in [0.1, 0.15) is 11.2 Å². The first kappa shape index (κ1) is 28.6. The number of para-hydroxylation sites is 1. The maximum Gasteiger partial charge on any atom is 0.136 e. The first-order valence-corrected chi connectivity index (χ1v) is 18.4. The minimum absolute atomic E-state index is 0.0989. The van der Waals surface area contributed by atoms with Crippen LogP contribution in [0.2, 0.25) is 0 Å². The SMILES string of the molecule is Brc1ccc(C2(c3ccc(-c4cc(-c5ccccc5)cc(-c5cccc6oc7ccccc7c56)c4)cc3)C3CC4CC(C3)CC2C4)cc1. The van der Waals surface area contributed by atoms with E-state index in [0.29, 0.717) is 0 Å². The molecule has 1 heterocycles. The molecular formula is C46H37BrO. The Morgan fingerprint density at radius 3 is 1.73 bits per heavy atom. The lowest BCUT2D eigenvalue weighted by atomic mass is 9.42. The van der Waals surface area contributed by atoms with Crippen LogP contribution < -0.4 is 0 Å². The molecule has 0 N–H and O–H groups in total. The van der Waals surface area contributed by atoms with Gasteiger partial charge in [0.2, 0.25) is 0 Å². The summed E-state index contributed by atoms with van der Waals surface area (Å²) in [6, 6.07) is 51.9. The molecule has 0 radical (unpaired) electrons. The number of benzene rings is 6. The molecule has 4 fully saturated rings. The zero-order valence-corrected chi connectivity index (χ0v) is 28.5. The molecule has 0 spiro atoms. The molecule has 2 heteroatoms. The minimum Gasteiger partial charge on any atom is -0.456 e. The van der Waals surface area contributed by atoms with Crippen molar-refractivity contribution in [2.45, 2.75) is 37.5 Å². The molecule has 0 saturated heterocycles. The van der Waals surface area contributed by atoms with Gasteiger partial charge in [-0.1, -0.05) is 113 Å². The van der Waals surface area contributed by atoms with Gasteiger partial charge in [-0.15, -0.1) is 0 Å². The van der Waals surface area contributed by atoms with E-state index in [1.54, 1.807) is 0 Å². The van der Waals surface area contributed by atoms with E-state index < -0.39 is 0 Å². The third kappa shape index (κ3) is 4.42. The van der Waals surface area contributed by atoms with Crippen molar-refractivity contribution in [1.29, 1.82) is 0 Å². The van der Waals surface area contributed by atoms with Gasteiger partial charge in [0.15, 0.2) is 0 Å². The summed E-state index contributed by atoms with van der Waals surface area (Å²) in [7, 11) is 0. The van der Waals surface area contributed by atoms with Crippen molar-refractivity contribution < 1.29 is 4.42 Å². The van der Waals surface area contributed by atoms with Gasteiger partial charge in [-0.25, -0.2) is 0 Å². The van der Waals surface area contributed by atoms with Crippen LogP contribution in [-0.2, 0) is 5.41 Å². The standard InChI is InChI=1S/C46H37BrO/c47-40-19-17-37(18-20-40)46(38-22-29-21-30(24-38)25-39(46)23-29)36-15-13-32(14-16-36)34-26-33(31-7-2-1-3-8-31)27-35(28-34)41-10-6-12-44-45(41)42-9-4-5-11-43(42)48-44/h1-20,26-30,38-39H,21-25H2. The van der Waals surface area contributed by atoms with Crippen molar-refractivity contribution in [3.05, 3.63) is 155 Å². The molecular weight excluding hydrogens is 648 g/mol. The predicted molar refractivity (Wildman–Crippen MR) is 202 cm³/mol. The van der Waals surface area contributed by atoms with E-state index in [2.05, 4.69) is 149 Å². The van der Waals surface area contributed by atoms with E-state index in [-0.39, 0.29) is 5.41 Å². The van der Waals surface area contributed by atoms with Crippen LogP contribution in [0.5, 0.6) is 0 Å². The van der Waals surface area contributed by atoms with Gasteiger partial charge in [0.05, 0.1) is 0 Å². The van der Waals surface area contributed by atoms with Gasteiger partial charge < -0.3 is 4.42 Å². The molecule has 1 aromatic heterocycles. The number of hydrogen-bond donors (Lipinski definition) is 0. The highest BCUT2D eigenvalue weighted by Gasteiger charge is 2.58. The minimum atomic E-state index is 0.0989. The topological polar surface area (TPSA) is 13.1 Å². The van der Waals surface area contributed by atoms with Gasteiger partial charge in [0, 0.05) is 20.7 Å². The molecule has 234 valence electrons. The lowest BCUT2D eigenvalue weighted by Gasteiger charge is -2.62. The largest absolute Gasteiger partial charge is 0.456 e. The fraction of sp³-hybridized carbons (Fsp3) is 0.217. The Hall–Kier alpha value is -4.40. The average Bonchev–Trinajstić information content (AvgIpc) is 3.52. The van der Waals surface area contributed by atoms with Crippen molar-refractivity contribution in [3.63, 3.8) is 0 Å². The molecule has 4 aliphatic rings. The highest BCUT2D eigenvalue weighted by Crippen LogP contribution is 2.65. The molecule has 4 bridgehead atoms. The molecule has 4 saturated carbocycles. The maximum absolute atomic E-state index is 6.31. The number of hydrogen-bond acceptors (Lipinski definition) is 1. The van der Waals surface area contributed by atoms with Crippen LogP contribution in [0.1, 0.15) is 43.2 Å². The van der Waals surface area contributed by atoms with Gasteiger partial charge in [0.25, 0.3) is 0 Å². The van der Waals surface area contributed by atoms with Gasteiger partial charge in [-0.2, -0.15) is 0 Å². The van der Waals surface area contributed by atoms with Crippen LogP contribution in [0.4, 0.5) is 0 Å². The van der Waals surface area contributed by atoms with E-state index in [1.807, 2.05) is 6.07 Å². The van der Waals surface area contributed by atoms with Crippen LogP contribution >= 0.6 is 15.9 Å². The van der Waals surface area contributed by atoms with E-state index in [4.69, 9.17) is 4.42 Å². The van der Waals surface area contributed by atoms with E-state index in [0.717, 1.165) is 44.7 Å². The van der Waals surface area contributed by atoms with Crippen LogP contribution in [-0.4, -0.2) is 0 Å². The molecule has 0 unspecified atom stereocenters. The van der Waals surface area contributed by atoms with Crippen molar-refractivity contribution in [3.8, 4) is 33.4 Å². The van der Waals surface area contributed by atoms with Crippen molar-refractivity contribution in [1.82, 2.24) is 0 Å². The third-order valence-corrected chi connectivity index (χ3v) is 12.7. The second-order valence-electron chi connectivity index (χ2n) is 14.7. The third-order valence-electron chi connectivity index (χ3n) is 12.2. The monoisotopic (exact) mass is 684 g/mol. The summed E-state index contributed by atoms with van der Waals surface area (Å²) in [5, 5.41) is 2.34. The predicted octanol–water partition coefficient (Wildman–Crippen LogP) is 13.1. The van der Waals surface area contributed by atoms with Gasteiger partial charge >= 0.3 is 0 Å². The molecule has 1 nitrogen and oxygen atoms in total. The lowest BCUT2D eigenvalue weighted by Crippen LogP contribution is -2.56. The summed E-state index contributed by atoms with van der Waals surface area (Å²) in [6.45, 7) is 0. The Labute approximate surface area is 290 Å². The molecule has 7 aromatic rings. The number of rotatable bonds is 5. The Bertz CT molecular complexity index is 2270. The Morgan fingerprint density at radius 1 is 0.479 bits per heavy atom. The Balaban J connectivity index is 1.13.